The molecule has 4 rings (SSSR count). The van der Waals surface area contributed by atoms with Crippen molar-refractivity contribution in [3.63, 3.8) is 0 Å². The Bertz CT molecular complexity index is 1170. The lowest BCUT2D eigenvalue weighted by Crippen LogP contribution is -2.44. The van der Waals surface area contributed by atoms with Crippen molar-refractivity contribution in [1.82, 2.24) is 15.1 Å². The fourth-order valence-electron chi connectivity index (χ4n) is 4.04. The highest BCUT2D eigenvalue weighted by Gasteiger charge is 2.23. The number of hydrogen-bond acceptors (Lipinski definition) is 5. The molecule has 0 aliphatic carbocycles. The van der Waals surface area contributed by atoms with Crippen LogP contribution in [-0.2, 0) is 21.4 Å². The van der Waals surface area contributed by atoms with E-state index in [9.17, 15) is 4.79 Å². The zero-order valence-corrected chi connectivity index (χ0v) is 22.0. The molecule has 0 bridgehead atoms. The van der Waals surface area contributed by atoms with Gasteiger partial charge in [0.1, 0.15) is 5.82 Å². The lowest BCUT2D eigenvalue weighted by Gasteiger charge is -2.35. The summed E-state index contributed by atoms with van der Waals surface area (Å²) in [7, 11) is 0. The largest absolute Gasteiger partial charge is 0.364 e. The molecule has 0 saturated carbocycles. The second-order valence-electron chi connectivity index (χ2n) is 9.69. The third kappa shape index (κ3) is 6.37. The number of nitrogens with zero attached hydrogens (tertiary/aromatic N) is 3. The number of hydrogen-bond donors (Lipinski definition) is 2. The number of anilines is 2. The van der Waals surface area contributed by atoms with Crippen LogP contribution in [0.15, 0.2) is 54.6 Å². The maximum Gasteiger partial charge on any atom is 0.320 e. The summed E-state index contributed by atoms with van der Waals surface area (Å²) in [5, 5.41) is 11.4. The van der Waals surface area contributed by atoms with E-state index in [4.69, 9.17) is 26.2 Å². The minimum atomic E-state index is -0.311. The molecule has 36 heavy (non-hydrogen) atoms. The summed E-state index contributed by atoms with van der Waals surface area (Å²) in [5.74, 6) is 0.584. The number of amides is 2. The highest BCUT2D eigenvalue weighted by molar-refractivity contribution is 6.30. The Morgan fingerprint density at radius 1 is 1.19 bits per heavy atom. The molecule has 1 aliphatic heterocycles. The first-order valence-corrected chi connectivity index (χ1v) is 12.6. The number of carbonyl (C=O) groups excluding carboxylic acids is 1. The van der Waals surface area contributed by atoms with Gasteiger partial charge in [-0.2, -0.15) is 5.10 Å². The number of nitrogens with one attached hydrogen (secondary N) is 2. The Hall–Kier alpha value is -3.07. The fraction of sp³-hybridized carbons (Fsp3) is 0.407. The molecule has 2 heterocycles. The maximum absolute atomic E-state index is 13.0. The van der Waals surface area contributed by atoms with Crippen molar-refractivity contribution in [2.45, 2.75) is 45.9 Å². The number of benzene rings is 2. The van der Waals surface area contributed by atoms with Crippen molar-refractivity contribution in [3.05, 3.63) is 70.9 Å². The smallest absolute Gasteiger partial charge is 0.320 e. The van der Waals surface area contributed by atoms with Gasteiger partial charge in [-0.15, -0.1) is 0 Å². The average molecular weight is 512 g/mol. The fourth-order valence-corrected chi connectivity index (χ4v) is 4.17. The molecule has 1 fully saturated rings. The number of rotatable bonds is 7. The van der Waals surface area contributed by atoms with Gasteiger partial charge in [0.2, 0.25) is 0 Å². The Morgan fingerprint density at radius 3 is 2.67 bits per heavy atom. The zero-order valence-electron chi connectivity index (χ0n) is 21.3. The predicted octanol–water partition coefficient (Wildman–Crippen LogP) is 5.34. The first-order chi connectivity index (χ1) is 17.2. The maximum atomic E-state index is 13.0. The van der Waals surface area contributed by atoms with E-state index in [1.807, 2.05) is 43.3 Å². The molecular weight excluding hydrogens is 478 g/mol. The van der Waals surface area contributed by atoms with Gasteiger partial charge in [0.25, 0.3) is 0 Å². The first-order valence-electron chi connectivity index (χ1n) is 12.2. The number of urea groups is 1. The van der Waals surface area contributed by atoms with E-state index in [1.54, 1.807) is 16.8 Å². The molecular formula is C27H34ClN5O3. The van der Waals surface area contributed by atoms with E-state index in [1.165, 1.54) is 0 Å². The number of carbonyl (C=O) groups is 1. The molecule has 1 atom stereocenters. The number of aromatic nitrogens is 2. The lowest BCUT2D eigenvalue weighted by molar-refractivity contribution is -0.143. The molecule has 192 valence electrons. The predicted molar refractivity (Wildman–Crippen MR) is 143 cm³/mol. The molecule has 2 N–H and O–H groups in total. The summed E-state index contributed by atoms with van der Waals surface area (Å²) < 4.78 is 13.1. The highest BCUT2D eigenvalue weighted by Crippen LogP contribution is 2.27. The second kappa shape index (κ2) is 11.3. The third-order valence-electron chi connectivity index (χ3n) is 5.95. The SMILES string of the molecule is CCOC1CN(c2ccccc2CNC(=O)Nc2cc(C(C)(C)C)nn2-c2ccc(Cl)cc2)CCO1. The molecule has 2 amide bonds. The second-order valence-corrected chi connectivity index (χ2v) is 10.1. The molecule has 2 aromatic carbocycles. The van der Waals surface area contributed by atoms with Crippen LogP contribution in [0.3, 0.4) is 0 Å². The van der Waals surface area contributed by atoms with Crippen molar-refractivity contribution < 1.29 is 14.3 Å². The topological polar surface area (TPSA) is 80.7 Å². The molecule has 3 aromatic rings. The quantitative estimate of drug-likeness (QED) is 0.447. The van der Waals surface area contributed by atoms with Gasteiger partial charge in [-0.3, -0.25) is 5.32 Å². The monoisotopic (exact) mass is 511 g/mol. The Labute approximate surface area is 217 Å². The normalized spacial score (nSPS) is 16.1. The van der Waals surface area contributed by atoms with Crippen LogP contribution in [0.4, 0.5) is 16.3 Å². The van der Waals surface area contributed by atoms with E-state index in [2.05, 4.69) is 42.4 Å². The van der Waals surface area contributed by atoms with Gasteiger partial charge in [-0.1, -0.05) is 50.6 Å². The van der Waals surface area contributed by atoms with Crippen LogP contribution in [0.2, 0.25) is 5.02 Å². The van der Waals surface area contributed by atoms with E-state index >= 15 is 0 Å². The van der Waals surface area contributed by atoms with Gasteiger partial charge in [0.15, 0.2) is 6.29 Å². The van der Waals surface area contributed by atoms with Crippen molar-refractivity contribution in [2.24, 2.45) is 0 Å². The molecule has 0 radical (unpaired) electrons. The van der Waals surface area contributed by atoms with Crippen LogP contribution < -0.4 is 15.5 Å². The Kier molecular flexibility index (Phi) is 8.18. The van der Waals surface area contributed by atoms with Gasteiger partial charge in [0, 0.05) is 41.9 Å². The van der Waals surface area contributed by atoms with Gasteiger partial charge in [0.05, 0.1) is 24.5 Å². The van der Waals surface area contributed by atoms with Crippen LogP contribution >= 0.6 is 11.6 Å². The van der Waals surface area contributed by atoms with Crippen molar-refractivity contribution in [3.8, 4) is 5.69 Å². The van der Waals surface area contributed by atoms with Gasteiger partial charge in [-0.25, -0.2) is 9.48 Å². The van der Waals surface area contributed by atoms with E-state index in [0.717, 1.165) is 29.2 Å². The molecule has 1 unspecified atom stereocenters. The average Bonchev–Trinajstić information content (AvgIpc) is 3.28. The van der Waals surface area contributed by atoms with Gasteiger partial charge in [-0.05, 0) is 42.8 Å². The van der Waals surface area contributed by atoms with Gasteiger partial charge >= 0.3 is 6.03 Å². The molecule has 1 aliphatic rings. The summed E-state index contributed by atoms with van der Waals surface area (Å²) in [6.07, 6.45) is -0.252. The summed E-state index contributed by atoms with van der Waals surface area (Å²) in [4.78, 5) is 15.2. The Balaban J connectivity index is 1.48. The van der Waals surface area contributed by atoms with Gasteiger partial charge < -0.3 is 19.7 Å². The molecule has 9 heteroatoms. The van der Waals surface area contributed by atoms with Crippen LogP contribution in [0.5, 0.6) is 0 Å². The van der Waals surface area contributed by atoms with E-state index < -0.39 is 0 Å². The number of morpholine rings is 1. The summed E-state index contributed by atoms with van der Waals surface area (Å²) in [6.45, 7) is 11.2. The van der Waals surface area contributed by atoms with E-state index in [-0.39, 0.29) is 17.7 Å². The van der Waals surface area contributed by atoms with Crippen molar-refractivity contribution in [1.29, 1.82) is 0 Å². The van der Waals surface area contributed by atoms with Crippen molar-refractivity contribution >= 4 is 29.1 Å². The molecule has 0 spiro atoms. The molecule has 1 aromatic heterocycles. The number of halogens is 1. The third-order valence-corrected chi connectivity index (χ3v) is 6.20. The lowest BCUT2D eigenvalue weighted by atomic mass is 9.92. The van der Waals surface area contributed by atoms with Crippen LogP contribution in [-0.4, -0.2) is 48.4 Å². The number of ether oxygens (including phenoxy) is 2. The van der Waals surface area contributed by atoms with Crippen LogP contribution in [0.1, 0.15) is 39.0 Å². The number of para-hydroxylation sites is 1. The van der Waals surface area contributed by atoms with E-state index in [0.29, 0.717) is 37.1 Å². The standard InChI is InChI=1S/C27H34ClN5O3/c1-5-35-25-18-32(14-15-36-25)22-9-7-6-8-19(22)17-29-26(34)30-24-16-23(27(2,3)4)31-33(24)21-12-10-20(28)11-13-21/h6-13,16,25H,5,14-15,17-18H2,1-4H3,(H2,29,30,34). The van der Waals surface area contributed by atoms with Crippen LogP contribution in [0.25, 0.3) is 5.69 Å². The van der Waals surface area contributed by atoms with Crippen LogP contribution in [0, 0.1) is 0 Å². The molecule has 1 saturated heterocycles. The zero-order chi connectivity index (χ0) is 25.7. The summed E-state index contributed by atoms with van der Waals surface area (Å²) in [5.41, 5.74) is 3.58. The minimum Gasteiger partial charge on any atom is -0.364 e. The molecule has 8 nitrogen and oxygen atoms in total. The Morgan fingerprint density at radius 2 is 1.94 bits per heavy atom. The van der Waals surface area contributed by atoms with Crippen molar-refractivity contribution in [2.75, 3.05) is 36.5 Å². The summed E-state index contributed by atoms with van der Waals surface area (Å²) in [6, 6.07) is 17.0. The summed E-state index contributed by atoms with van der Waals surface area (Å²) >= 11 is 6.07. The minimum absolute atomic E-state index is 0.180. The first kappa shape index (κ1) is 26.0. The highest BCUT2D eigenvalue weighted by atomic mass is 35.5.